The van der Waals surface area contributed by atoms with Crippen LogP contribution in [0.5, 0.6) is 0 Å². The van der Waals surface area contributed by atoms with Gasteiger partial charge in [0, 0.05) is 23.1 Å². The number of methoxy groups -OCH3 is 1. The number of para-hydroxylation sites is 1. The molecule has 126 valence electrons. The minimum absolute atomic E-state index is 0.389. The first-order chi connectivity index (χ1) is 12.1. The first kappa shape index (κ1) is 16.4. The third-order valence-electron chi connectivity index (χ3n) is 3.44. The Morgan fingerprint density at radius 3 is 2.44 bits per heavy atom. The van der Waals surface area contributed by atoms with Gasteiger partial charge in [0.05, 0.1) is 12.7 Å². The number of esters is 1. The summed E-state index contributed by atoms with van der Waals surface area (Å²) in [5, 5.41) is 6.36. The van der Waals surface area contributed by atoms with E-state index in [4.69, 9.17) is 4.74 Å². The first-order valence-corrected chi connectivity index (χ1v) is 7.77. The van der Waals surface area contributed by atoms with Crippen molar-refractivity contribution in [3.05, 3.63) is 71.9 Å². The maximum absolute atomic E-state index is 11.6. The Morgan fingerprint density at radius 2 is 1.68 bits per heavy atom. The number of aryl methyl sites for hydroxylation is 1. The van der Waals surface area contributed by atoms with Crippen LogP contribution in [0.2, 0.25) is 0 Å². The summed E-state index contributed by atoms with van der Waals surface area (Å²) < 4.78 is 4.74. The van der Waals surface area contributed by atoms with Gasteiger partial charge in [-0.1, -0.05) is 24.3 Å². The zero-order valence-electron chi connectivity index (χ0n) is 14.0. The van der Waals surface area contributed by atoms with Gasteiger partial charge in [-0.25, -0.2) is 9.78 Å². The maximum atomic E-state index is 11.6. The molecule has 0 amide bonds. The lowest BCUT2D eigenvalue weighted by Gasteiger charge is -2.10. The lowest BCUT2D eigenvalue weighted by atomic mass is 10.2. The van der Waals surface area contributed by atoms with E-state index in [0.717, 1.165) is 11.4 Å². The molecule has 0 saturated heterocycles. The summed E-state index contributed by atoms with van der Waals surface area (Å²) in [7, 11) is 1.35. The van der Waals surface area contributed by atoms with E-state index >= 15 is 0 Å². The number of hydrogen-bond acceptors (Lipinski definition) is 6. The van der Waals surface area contributed by atoms with E-state index in [2.05, 4.69) is 20.6 Å². The molecule has 0 atom stereocenters. The summed E-state index contributed by atoms with van der Waals surface area (Å²) in [4.78, 5) is 20.5. The zero-order valence-corrected chi connectivity index (χ0v) is 14.0. The highest BCUT2D eigenvalue weighted by Crippen LogP contribution is 2.20. The fourth-order valence-corrected chi connectivity index (χ4v) is 2.33. The van der Waals surface area contributed by atoms with Crippen molar-refractivity contribution in [1.29, 1.82) is 0 Å². The van der Waals surface area contributed by atoms with E-state index < -0.39 is 0 Å². The minimum atomic E-state index is -0.389. The van der Waals surface area contributed by atoms with Gasteiger partial charge in [0.25, 0.3) is 0 Å². The fraction of sp³-hybridized carbons (Fsp3) is 0.105. The van der Waals surface area contributed by atoms with Gasteiger partial charge in [-0.3, -0.25) is 0 Å². The Labute approximate surface area is 145 Å². The lowest BCUT2D eigenvalue weighted by Crippen LogP contribution is -2.04. The summed E-state index contributed by atoms with van der Waals surface area (Å²) in [6, 6.07) is 18.6. The second kappa shape index (κ2) is 7.44. The van der Waals surface area contributed by atoms with Crippen LogP contribution >= 0.6 is 0 Å². The SMILES string of the molecule is COC(=O)c1cccc(Nc2nc(C)cc(Nc3ccccc3)n2)c1. The second-order valence-corrected chi connectivity index (χ2v) is 5.41. The van der Waals surface area contributed by atoms with E-state index in [9.17, 15) is 4.79 Å². The number of carbonyl (C=O) groups is 1. The molecule has 0 aliphatic carbocycles. The topological polar surface area (TPSA) is 76.1 Å². The Kier molecular flexibility index (Phi) is 4.89. The summed E-state index contributed by atoms with van der Waals surface area (Å²) in [5.41, 5.74) is 2.93. The lowest BCUT2D eigenvalue weighted by molar-refractivity contribution is 0.0601. The van der Waals surface area contributed by atoms with Gasteiger partial charge in [0.15, 0.2) is 0 Å². The number of rotatable bonds is 5. The number of carbonyl (C=O) groups excluding carboxylic acids is 1. The fourth-order valence-electron chi connectivity index (χ4n) is 2.33. The van der Waals surface area contributed by atoms with Crippen LogP contribution < -0.4 is 10.6 Å². The van der Waals surface area contributed by atoms with Crippen molar-refractivity contribution in [3.8, 4) is 0 Å². The Balaban J connectivity index is 1.82. The number of aromatic nitrogens is 2. The Bertz CT molecular complexity index is 882. The van der Waals surface area contributed by atoms with Crippen LogP contribution in [0.4, 0.5) is 23.1 Å². The minimum Gasteiger partial charge on any atom is -0.465 e. The van der Waals surface area contributed by atoms with Gasteiger partial charge in [-0.15, -0.1) is 0 Å². The van der Waals surface area contributed by atoms with Crippen LogP contribution in [0.15, 0.2) is 60.7 Å². The quantitative estimate of drug-likeness (QED) is 0.685. The van der Waals surface area contributed by atoms with Crippen molar-refractivity contribution in [1.82, 2.24) is 9.97 Å². The van der Waals surface area contributed by atoms with Crippen molar-refractivity contribution in [3.63, 3.8) is 0 Å². The van der Waals surface area contributed by atoms with Crippen LogP contribution in [0.1, 0.15) is 16.1 Å². The highest BCUT2D eigenvalue weighted by molar-refractivity contribution is 5.90. The van der Waals surface area contributed by atoms with Crippen LogP contribution in [0, 0.1) is 6.92 Å². The third kappa shape index (κ3) is 4.32. The molecular formula is C19H18N4O2. The summed E-state index contributed by atoms with van der Waals surface area (Å²) in [5.74, 6) is 0.742. The molecule has 0 aliphatic rings. The molecule has 6 nitrogen and oxygen atoms in total. The van der Waals surface area contributed by atoms with E-state index in [1.165, 1.54) is 7.11 Å². The van der Waals surface area contributed by atoms with Gasteiger partial charge in [0.1, 0.15) is 5.82 Å². The van der Waals surface area contributed by atoms with E-state index in [1.54, 1.807) is 18.2 Å². The second-order valence-electron chi connectivity index (χ2n) is 5.41. The first-order valence-electron chi connectivity index (χ1n) is 7.77. The molecule has 0 fully saturated rings. The number of nitrogens with one attached hydrogen (secondary N) is 2. The standard InChI is InChI=1S/C19H18N4O2/c1-13-11-17(21-15-8-4-3-5-9-15)23-19(20-13)22-16-10-6-7-14(12-16)18(24)25-2/h3-12H,1-2H3,(H2,20,21,22,23). The third-order valence-corrected chi connectivity index (χ3v) is 3.44. The molecule has 0 unspecified atom stereocenters. The number of ether oxygens (including phenoxy) is 1. The van der Waals surface area contributed by atoms with Crippen molar-refractivity contribution in [2.45, 2.75) is 6.92 Å². The number of anilines is 4. The average Bonchev–Trinajstić information content (AvgIpc) is 2.61. The van der Waals surface area contributed by atoms with Crippen molar-refractivity contribution >= 4 is 29.1 Å². The van der Waals surface area contributed by atoms with Crippen LogP contribution in [0.25, 0.3) is 0 Å². The van der Waals surface area contributed by atoms with Gasteiger partial charge < -0.3 is 15.4 Å². The number of nitrogens with zero attached hydrogens (tertiary/aromatic N) is 2. The molecule has 0 saturated carbocycles. The van der Waals surface area contributed by atoms with Crippen molar-refractivity contribution in [2.24, 2.45) is 0 Å². The Morgan fingerprint density at radius 1 is 0.920 bits per heavy atom. The molecule has 0 radical (unpaired) electrons. The van der Waals surface area contributed by atoms with E-state index in [-0.39, 0.29) is 5.97 Å². The van der Waals surface area contributed by atoms with Crippen LogP contribution in [-0.4, -0.2) is 23.0 Å². The predicted octanol–water partition coefficient (Wildman–Crippen LogP) is 4.06. The van der Waals surface area contributed by atoms with E-state index in [1.807, 2.05) is 49.4 Å². The normalized spacial score (nSPS) is 10.2. The molecule has 3 aromatic rings. The van der Waals surface area contributed by atoms with E-state index in [0.29, 0.717) is 23.0 Å². The smallest absolute Gasteiger partial charge is 0.337 e. The monoisotopic (exact) mass is 334 g/mol. The molecule has 6 heteroatoms. The van der Waals surface area contributed by atoms with Gasteiger partial charge in [0.2, 0.25) is 5.95 Å². The largest absolute Gasteiger partial charge is 0.465 e. The molecule has 1 heterocycles. The Hall–Kier alpha value is -3.41. The molecular weight excluding hydrogens is 316 g/mol. The summed E-state index contributed by atoms with van der Waals surface area (Å²) >= 11 is 0. The van der Waals surface area contributed by atoms with Gasteiger partial charge in [-0.2, -0.15) is 4.98 Å². The van der Waals surface area contributed by atoms with Crippen LogP contribution in [-0.2, 0) is 4.74 Å². The van der Waals surface area contributed by atoms with Crippen LogP contribution in [0.3, 0.4) is 0 Å². The average molecular weight is 334 g/mol. The van der Waals surface area contributed by atoms with Crippen molar-refractivity contribution < 1.29 is 9.53 Å². The molecule has 2 aromatic carbocycles. The summed E-state index contributed by atoms with van der Waals surface area (Å²) in [6.07, 6.45) is 0. The molecule has 1 aromatic heterocycles. The maximum Gasteiger partial charge on any atom is 0.337 e. The predicted molar refractivity (Wildman–Crippen MR) is 97.6 cm³/mol. The van der Waals surface area contributed by atoms with Crippen molar-refractivity contribution in [2.75, 3.05) is 17.7 Å². The van der Waals surface area contributed by atoms with Gasteiger partial charge >= 0.3 is 5.97 Å². The van der Waals surface area contributed by atoms with Gasteiger partial charge in [-0.05, 0) is 37.3 Å². The molecule has 0 spiro atoms. The molecule has 25 heavy (non-hydrogen) atoms. The molecule has 0 aliphatic heterocycles. The highest BCUT2D eigenvalue weighted by Gasteiger charge is 2.07. The molecule has 0 bridgehead atoms. The number of hydrogen-bond donors (Lipinski definition) is 2. The number of benzene rings is 2. The molecule has 3 rings (SSSR count). The zero-order chi connectivity index (χ0) is 17.6. The summed E-state index contributed by atoms with van der Waals surface area (Å²) in [6.45, 7) is 1.90. The molecule has 2 N–H and O–H groups in total. The highest BCUT2D eigenvalue weighted by atomic mass is 16.5.